The molecular weight excluding hydrogens is 340 g/mol. The minimum absolute atomic E-state index is 0.193. The summed E-state index contributed by atoms with van der Waals surface area (Å²) in [5, 5.41) is 4.38. The fourth-order valence-corrected chi connectivity index (χ4v) is 2.50. The molecule has 3 nitrogen and oxygen atoms in total. The standard InChI is InChI=1S/C15H10BrClN2O/c16-11-3-4-12(17)14(8-11)19-15(20)10-2-1-9-5-6-18-13(9)7-10/h1-8,18H,(H,19,20). The minimum atomic E-state index is -0.193. The normalized spacial score (nSPS) is 10.7. The predicted molar refractivity (Wildman–Crippen MR) is 85.4 cm³/mol. The lowest BCUT2D eigenvalue weighted by Gasteiger charge is -2.08. The van der Waals surface area contributed by atoms with E-state index in [9.17, 15) is 4.79 Å². The summed E-state index contributed by atoms with van der Waals surface area (Å²) in [4.78, 5) is 15.3. The van der Waals surface area contributed by atoms with Crippen LogP contribution < -0.4 is 5.32 Å². The molecule has 3 aromatic rings. The van der Waals surface area contributed by atoms with Crippen molar-refractivity contribution < 1.29 is 4.79 Å². The average Bonchev–Trinajstić information content (AvgIpc) is 2.90. The number of amides is 1. The van der Waals surface area contributed by atoms with Gasteiger partial charge in [0, 0.05) is 21.7 Å². The Hall–Kier alpha value is -1.78. The minimum Gasteiger partial charge on any atom is -0.361 e. The van der Waals surface area contributed by atoms with E-state index >= 15 is 0 Å². The number of carbonyl (C=O) groups is 1. The molecular formula is C15H10BrClN2O. The maximum absolute atomic E-state index is 12.2. The fraction of sp³-hybridized carbons (Fsp3) is 0. The van der Waals surface area contributed by atoms with E-state index in [2.05, 4.69) is 26.2 Å². The first-order valence-corrected chi connectivity index (χ1v) is 7.14. The van der Waals surface area contributed by atoms with Gasteiger partial charge in [0.1, 0.15) is 0 Å². The summed E-state index contributed by atoms with van der Waals surface area (Å²) < 4.78 is 0.858. The van der Waals surface area contributed by atoms with Crippen LogP contribution >= 0.6 is 27.5 Å². The van der Waals surface area contributed by atoms with Gasteiger partial charge in [-0.05, 0) is 41.8 Å². The molecule has 0 fully saturated rings. The molecule has 20 heavy (non-hydrogen) atoms. The molecule has 0 saturated carbocycles. The number of fused-ring (bicyclic) bond motifs is 1. The van der Waals surface area contributed by atoms with Gasteiger partial charge in [-0.2, -0.15) is 0 Å². The molecule has 0 bridgehead atoms. The van der Waals surface area contributed by atoms with Crippen LogP contribution in [0.3, 0.4) is 0 Å². The van der Waals surface area contributed by atoms with E-state index in [1.165, 1.54) is 0 Å². The third-order valence-electron chi connectivity index (χ3n) is 2.99. The molecule has 2 N–H and O–H groups in total. The monoisotopic (exact) mass is 348 g/mol. The lowest BCUT2D eigenvalue weighted by atomic mass is 10.1. The summed E-state index contributed by atoms with van der Waals surface area (Å²) in [7, 11) is 0. The van der Waals surface area contributed by atoms with Crippen LogP contribution in [0.2, 0.25) is 5.02 Å². The molecule has 0 aliphatic rings. The van der Waals surface area contributed by atoms with Gasteiger partial charge in [-0.1, -0.05) is 33.6 Å². The molecule has 0 saturated heterocycles. The quantitative estimate of drug-likeness (QED) is 0.683. The molecule has 5 heteroatoms. The molecule has 2 aromatic carbocycles. The molecule has 0 atom stereocenters. The van der Waals surface area contributed by atoms with E-state index in [1.807, 2.05) is 30.5 Å². The van der Waals surface area contributed by atoms with Crippen molar-refractivity contribution in [2.75, 3.05) is 5.32 Å². The van der Waals surface area contributed by atoms with Crippen LogP contribution in [0.1, 0.15) is 10.4 Å². The van der Waals surface area contributed by atoms with Gasteiger partial charge in [-0.25, -0.2) is 0 Å². The zero-order valence-electron chi connectivity index (χ0n) is 10.3. The van der Waals surface area contributed by atoms with Crippen molar-refractivity contribution in [3.05, 3.63) is 63.7 Å². The molecule has 0 aliphatic heterocycles. The highest BCUT2D eigenvalue weighted by atomic mass is 79.9. The molecule has 1 heterocycles. The van der Waals surface area contributed by atoms with Gasteiger partial charge in [0.15, 0.2) is 0 Å². The largest absolute Gasteiger partial charge is 0.361 e. The molecule has 0 unspecified atom stereocenters. The predicted octanol–water partition coefficient (Wildman–Crippen LogP) is 4.84. The second-order valence-corrected chi connectivity index (χ2v) is 5.68. The van der Waals surface area contributed by atoms with Crippen molar-refractivity contribution in [2.24, 2.45) is 0 Å². The number of rotatable bonds is 2. The number of nitrogens with one attached hydrogen (secondary N) is 2. The van der Waals surface area contributed by atoms with Crippen molar-refractivity contribution in [3.63, 3.8) is 0 Å². The molecule has 0 spiro atoms. The van der Waals surface area contributed by atoms with Crippen molar-refractivity contribution >= 4 is 50.0 Å². The SMILES string of the molecule is O=C(Nc1cc(Br)ccc1Cl)c1ccc2cc[nH]c2c1. The van der Waals surface area contributed by atoms with Crippen LogP contribution in [0.15, 0.2) is 53.1 Å². The van der Waals surface area contributed by atoms with Crippen LogP contribution in [0.25, 0.3) is 10.9 Å². The van der Waals surface area contributed by atoms with Crippen LogP contribution in [-0.2, 0) is 0 Å². The van der Waals surface area contributed by atoms with Crippen molar-refractivity contribution in [1.29, 1.82) is 0 Å². The number of anilines is 1. The van der Waals surface area contributed by atoms with E-state index in [1.54, 1.807) is 18.2 Å². The van der Waals surface area contributed by atoms with Gasteiger partial charge in [-0.3, -0.25) is 4.79 Å². The van der Waals surface area contributed by atoms with E-state index in [4.69, 9.17) is 11.6 Å². The summed E-state index contributed by atoms with van der Waals surface area (Å²) >= 11 is 9.42. The smallest absolute Gasteiger partial charge is 0.255 e. The summed E-state index contributed by atoms with van der Waals surface area (Å²) in [6.07, 6.45) is 1.84. The van der Waals surface area contributed by atoms with Crippen LogP contribution in [0.4, 0.5) is 5.69 Å². The van der Waals surface area contributed by atoms with Crippen LogP contribution in [-0.4, -0.2) is 10.9 Å². The number of benzene rings is 2. The van der Waals surface area contributed by atoms with Gasteiger partial charge in [-0.15, -0.1) is 0 Å². The van der Waals surface area contributed by atoms with E-state index < -0.39 is 0 Å². The van der Waals surface area contributed by atoms with Gasteiger partial charge < -0.3 is 10.3 Å². The highest BCUT2D eigenvalue weighted by Gasteiger charge is 2.09. The number of aromatic nitrogens is 1. The zero-order valence-corrected chi connectivity index (χ0v) is 12.6. The topological polar surface area (TPSA) is 44.9 Å². The lowest BCUT2D eigenvalue weighted by Crippen LogP contribution is -2.12. The van der Waals surface area contributed by atoms with E-state index in [-0.39, 0.29) is 5.91 Å². The molecule has 0 radical (unpaired) electrons. The van der Waals surface area contributed by atoms with Crippen LogP contribution in [0, 0.1) is 0 Å². The van der Waals surface area contributed by atoms with E-state index in [0.29, 0.717) is 16.3 Å². The summed E-state index contributed by atoms with van der Waals surface area (Å²) in [5.41, 5.74) is 2.09. The third kappa shape index (κ3) is 2.57. The van der Waals surface area contributed by atoms with Gasteiger partial charge in [0.05, 0.1) is 10.7 Å². The van der Waals surface area contributed by atoms with Gasteiger partial charge >= 0.3 is 0 Å². The second-order valence-electron chi connectivity index (χ2n) is 4.36. The third-order valence-corrected chi connectivity index (χ3v) is 3.82. The number of H-pyrrole nitrogens is 1. The second kappa shape index (κ2) is 5.31. The maximum atomic E-state index is 12.2. The van der Waals surface area contributed by atoms with Gasteiger partial charge in [0.25, 0.3) is 5.91 Å². The van der Waals surface area contributed by atoms with Gasteiger partial charge in [0.2, 0.25) is 0 Å². The number of carbonyl (C=O) groups excluding carboxylic acids is 1. The molecule has 1 amide bonds. The number of hydrogen-bond acceptors (Lipinski definition) is 1. The first kappa shape index (κ1) is 13.2. The van der Waals surface area contributed by atoms with E-state index in [0.717, 1.165) is 15.4 Å². The molecule has 3 rings (SSSR count). The highest BCUT2D eigenvalue weighted by molar-refractivity contribution is 9.10. The van der Waals surface area contributed by atoms with Crippen molar-refractivity contribution in [2.45, 2.75) is 0 Å². The molecule has 1 aromatic heterocycles. The fourth-order valence-electron chi connectivity index (χ4n) is 1.98. The Kier molecular flexibility index (Phi) is 3.51. The Morgan fingerprint density at radius 1 is 1.15 bits per heavy atom. The lowest BCUT2D eigenvalue weighted by molar-refractivity contribution is 0.102. The Balaban J connectivity index is 1.90. The first-order valence-electron chi connectivity index (χ1n) is 5.97. The highest BCUT2D eigenvalue weighted by Crippen LogP contribution is 2.26. The number of hydrogen-bond donors (Lipinski definition) is 2. The van der Waals surface area contributed by atoms with Crippen LogP contribution in [0.5, 0.6) is 0 Å². The average molecular weight is 350 g/mol. The number of aromatic amines is 1. The molecule has 0 aliphatic carbocycles. The summed E-state index contributed by atoms with van der Waals surface area (Å²) in [6.45, 7) is 0. The Bertz CT molecular complexity index is 797. The number of halogens is 2. The first-order chi connectivity index (χ1) is 9.63. The Morgan fingerprint density at radius 3 is 2.85 bits per heavy atom. The van der Waals surface area contributed by atoms with Crippen molar-refractivity contribution in [3.8, 4) is 0 Å². The summed E-state index contributed by atoms with van der Waals surface area (Å²) in [5.74, 6) is -0.193. The van der Waals surface area contributed by atoms with Crippen molar-refractivity contribution in [1.82, 2.24) is 4.98 Å². The zero-order chi connectivity index (χ0) is 14.1. The Labute approximate surface area is 129 Å². The maximum Gasteiger partial charge on any atom is 0.255 e. The molecule has 100 valence electrons. The Morgan fingerprint density at radius 2 is 2.00 bits per heavy atom. The summed E-state index contributed by atoms with van der Waals surface area (Å²) in [6, 6.07) is 12.8.